The summed E-state index contributed by atoms with van der Waals surface area (Å²) in [6.07, 6.45) is 1.31. The lowest BCUT2D eigenvalue weighted by Crippen LogP contribution is -2.52. The lowest BCUT2D eigenvalue weighted by Gasteiger charge is -2.38. The molecule has 1 aliphatic rings. The minimum absolute atomic E-state index is 0.00793. The summed E-state index contributed by atoms with van der Waals surface area (Å²) in [7, 11) is 4.84. The molecule has 8 heteroatoms. The number of methoxy groups -OCH3 is 3. The van der Waals surface area contributed by atoms with Gasteiger partial charge in [0.25, 0.3) is 0 Å². The third-order valence-corrected chi connectivity index (χ3v) is 6.29. The second kappa shape index (κ2) is 12.3. The number of para-hydroxylation sites is 1. The fraction of sp³-hybridized carbons (Fsp3) is 0.481. The summed E-state index contributed by atoms with van der Waals surface area (Å²) in [6, 6.07) is 13.4. The Kier molecular flexibility index (Phi) is 9.23. The second-order valence-corrected chi connectivity index (χ2v) is 9.11. The van der Waals surface area contributed by atoms with Crippen LogP contribution in [0.2, 0.25) is 0 Å². The molecule has 2 aromatic carbocycles. The number of likely N-dealkylation sites (tertiary alicyclic amines) is 1. The standard InChI is InChI=1S/C27H37N3O5/c1-18(2)29-27(32)30-16-21(20-10-11-24(34-4)25(15-20)35-5)14-22(17-30)26(31)28-13-12-19-8-6-7-9-23(19)33-3/h6-11,15,18,21-22H,12-14,16-17H2,1-5H3,(H,28,31)(H,29,32). The summed E-state index contributed by atoms with van der Waals surface area (Å²) >= 11 is 0. The van der Waals surface area contributed by atoms with Gasteiger partial charge in [-0.2, -0.15) is 0 Å². The molecule has 1 aliphatic heterocycles. The van der Waals surface area contributed by atoms with E-state index in [0.717, 1.165) is 16.9 Å². The molecule has 3 rings (SSSR count). The number of hydrogen-bond donors (Lipinski definition) is 2. The minimum Gasteiger partial charge on any atom is -0.496 e. The number of urea groups is 1. The Balaban J connectivity index is 1.74. The summed E-state index contributed by atoms with van der Waals surface area (Å²) in [4.78, 5) is 27.8. The molecule has 1 heterocycles. The number of amides is 3. The molecule has 0 aromatic heterocycles. The van der Waals surface area contributed by atoms with Crippen molar-refractivity contribution in [3.05, 3.63) is 53.6 Å². The van der Waals surface area contributed by atoms with Crippen molar-refractivity contribution in [2.45, 2.75) is 38.6 Å². The van der Waals surface area contributed by atoms with Crippen molar-refractivity contribution in [1.82, 2.24) is 15.5 Å². The Morgan fingerprint density at radius 1 is 0.971 bits per heavy atom. The van der Waals surface area contributed by atoms with Crippen molar-refractivity contribution >= 4 is 11.9 Å². The number of nitrogens with zero attached hydrogens (tertiary/aromatic N) is 1. The molecule has 0 spiro atoms. The number of carbonyl (C=O) groups excluding carboxylic acids is 2. The van der Waals surface area contributed by atoms with E-state index in [1.54, 1.807) is 26.2 Å². The Labute approximate surface area is 207 Å². The molecule has 0 radical (unpaired) electrons. The minimum atomic E-state index is -0.322. The monoisotopic (exact) mass is 483 g/mol. The molecule has 2 N–H and O–H groups in total. The van der Waals surface area contributed by atoms with Crippen molar-refractivity contribution in [2.24, 2.45) is 5.92 Å². The van der Waals surface area contributed by atoms with Gasteiger partial charge in [0.2, 0.25) is 5.91 Å². The molecule has 2 unspecified atom stereocenters. The van der Waals surface area contributed by atoms with E-state index in [0.29, 0.717) is 44.0 Å². The van der Waals surface area contributed by atoms with Gasteiger partial charge in [0.05, 0.1) is 27.2 Å². The molecule has 35 heavy (non-hydrogen) atoms. The van der Waals surface area contributed by atoms with Crippen LogP contribution in [0.3, 0.4) is 0 Å². The van der Waals surface area contributed by atoms with Gasteiger partial charge in [-0.15, -0.1) is 0 Å². The van der Waals surface area contributed by atoms with E-state index in [1.165, 1.54) is 0 Å². The van der Waals surface area contributed by atoms with Crippen LogP contribution in [-0.2, 0) is 11.2 Å². The first kappa shape index (κ1) is 26.2. The predicted octanol–water partition coefficient (Wildman–Crippen LogP) is 3.59. The first-order valence-electron chi connectivity index (χ1n) is 12.0. The number of carbonyl (C=O) groups is 2. The van der Waals surface area contributed by atoms with Crippen LogP contribution in [-0.4, -0.2) is 63.8 Å². The van der Waals surface area contributed by atoms with Crippen LogP contribution < -0.4 is 24.8 Å². The molecule has 190 valence electrons. The first-order valence-corrected chi connectivity index (χ1v) is 12.0. The van der Waals surface area contributed by atoms with Crippen LogP contribution >= 0.6 is 0 Å². The number of ether oxygens (including phenoxy) is 3. The molecular formula is C27H37N3O5. The van der Waals surface area contributed by atoms with Crippen LogP contribution in [0.15, 0.2) is 42.5 Å². The van der Waals surface area contributed by atoms with Crippen LogP contribution in [0.4, 0.5) is 4.79 Å². The van der Waals surface area contributed by atoms with Gasteiger partial charge in [-0.3, -0.25) is 4.79 Å². The Morgan fingerprint density at radius 3 is 2.37 bits per heavy atom. The highest BCUT2D eigenvalue weighted by Gasteiger charge is 2.35. The van der Waals surface area contributed by atoms with Gasteiger partial charge in [-0.1, -0.05) is 24.3 Å². The summed E-state index contributed by atoms with van der Waals surface area (Å²) in [5, 5.41) is 6.03. The highest BCUT2D eigenvalue weighted by Crippen LogP contribution is 2.36. The molecule has 0 saturated carbocycles. The normalized spacial score (nSPS) is 17.6. The quantitative estimate of drug-likeness (QED) is 0.569. The number of hydrogen-bond acceptors (Lipinski definition) is 5. The van der Waals surface area contributed by atoms with Gasteiger partial charge >= 0.3 is 6.03 Å². The zero-order valence-electron chi connectivity index (χ0n) is 21.3. The fourth-order valence-corrected chi connectivity index (χ4v) is 4.52. The number of rotatable bonds is 9. The van der Waals surface area contributed by atoms with Crippen LogP contribution in [0, 0.1) is 5.92 Å². The summed E-state index contributed by atoms with van der Waals surface area (Å²) in [5.74, 6) is 1.71. The van der Waals surface area contributed by atoms with E-state index >= 15 is 0 Å². The van der Waals surface area contributed by atoms with E-state index in [2.05, 4.69) is 10.6 Å². The van der Waals surface area contributed by atoms with Gasteiger partial charge in [-0.25, -0.2) is 4.79 Å². The number of benzene rings is 2. The highest BCUT2D eigenvalue weighted by molar-refractivity contribution is 5.81. The Hall–Kier alpha value is -3.42. The van der Waals surface area contributed by atoms with Gasteiger partial charge in [-0.05, 0) is 56.0 Å². The maximum Gasteiger partial charge on any atom is 0.317 e. The summed E-state index contributed by atoms with van der Waals surface area (Å²) < 4.78 is 16.2. The van der Waals surface area contributed by atoms with Crippen molar-refractivity contribution in [2.75, 3.05) is 41.0 Å². The lowest BCUT2D eigenvalue weighted by molar-refractivity contribution is -0.126. The summed E-state index contributed by atoms with van der Waals surface area (Å²) in [6.45, 7) is 5.25. The molecule has 1 fully saturated rings. The van der Waals surface area contributed by atoms with E-state index in [4.69, 9.17) is 14.2 Å². The van der Waals surface area contributed by atoms with Crippen molar-refractivity contribution in [3.63, 3.8) is 0 Å². The number of piperidine rings is 1. The molecule has 2 atom stereocenters. The molecule has 2 aromatic rings. The van der Waals surface area contributed by atoms with E-state index < -0.39 is 0 Å². The average Bonchev–Trinajstić information content (AvgIpc) is 2.87. The second-order valence-electron chi connectivity index (χ2n) is 9.11. The van der Waals surface area contributed by atoms with Crippen molar-refractivity contribution in [3.8, 4) is 17.2 Å². The largest absolute Gasteiger partial charge is 0.496 e. The maximum absolute atomic E-state index is 13.2. The predicted molar refractivity (Wildman–Crippen MR) is 135 cm³/mol. The smallest absolute Gasteiger partial charge is 0.317 e. The molecule has 1 saturated heterocycles. The van der Waals surface area contributed by atoms with E-state index in [-0.39, 0.29) is 29.8 Å². The van der Waals surface area contributed by atoms with Gasteiger partial charge in [0.1, 0.15) is 5.75 Å². The third kappa shape index (κ3) is 6.81. The lowest BCUT2D eigenvalue weighted by atomic mass is 9.84. The fourth-order valence-electron chi connectivity index (χ4n) is 4.52. The zero-order valence-corrected chi connectivity index (χ0v) is 21.3. The zero-order chi connectivity index (χ0) is 25.4. The van der Waals surface area contributed by atoms with Crippen molar-refractivity contribution < 1.29 is 23.8 Å². The molecule has 0 aliphatic carbocycles. The van der Waals surface area contributed by atoms with Crippen LogP contribution in [0.1, 0.15) is 37.3 Å². The maximum atomic E-state index is 13.2. The molecule has 8 nitrogen and oxygen atoms in total. The third-order valence-electron chi connectivity index (χ3n) is 6.29. The highest BCUT2D eigenvalue weighted by atomic mass is 16.5. The van der Waals surface area contributed by atoms with Gasteiger partial charge in [0.15, 0.2) is 11.5 Å². The van der Waals surface area contributed by atoms with Gasteiger partial charge in [0, 0.05) is 31.6 Å². The Bertz CT molecular complexity index is 1010. The topological polar surface area (TPSA) is 89.1 Å². The SMILES string of the molecule is COc1ccccc1CCNC(=O)C1CC(c2ccc(OC)c(OC)c2)CN(C(=O)NC(C)C)C1. The number of nitrogens with one attached hydrogen (secondary N) is 2. The van der Waals surface area contributed by atoms with E-state index in [1.807, 2.05) is 56.3 Å². The van der Waals surface area contributed by atoms with Gasteiger partial charge < -0.3 is 29.7 Å². The summed E-state index contributed by atoms with van der Waals surface area (Å²) in [5.41, 5.74) is 2.05. The first-order chi connectivity index (χ1) is 16.9. The molecule has 3 amide bonds. The van der Waals surface area contributed by atoms with Crippen LogP contribution in [0.25, 0.3) is 0 Å². The average molecular weight is 484 g/mol. The van der Waals surface area contributed by atoms with Crippen molar-refractivity contribution in [1.29, 1.82) is 0 Å². The van der Waals surface area contributed by atoms with E-state index in [9.17, 15) is 9.59 Å². The molecule has 0 bridgehead atoms. The molecular weight excluding hydrogens is 446 g/mol. The Morgan fingerprint density at radius 2 is 1.69 bits per heavy atom. The van der Waals surface area contributed by atoms with Crippen LogP contribution in [0.5, 0.6) is 17.2 Å².